The SMILES string of the molecule is C=C1C(C)(C)[C@H]2CC[C@@]1(C(=O)N1CCC[C@H](CN3CCCC3=O)C1)C2. The van der Waals surface area contributed by atoms with E-state index in [2.05, 4.69) is 25.3 Å². The van der Waals surface area contributed by atoms with Gasteiger partial charge in [-0.3, -0.25) is 9.59 Å². The van der Waals surface area contributed by atoms with Crippen molar-refractivity contribution in [2.75, 3.05) is 26.2 Å². The molecule has 0 aromatic carbocycles. The summed E-state index contributed by atoms with van der Waals surface area (Å²) in [6, 6.07) is 0. The molecule has 2 saturated heterocycles. The lowest BCUT2D eigenvalue weighted by Gasteiger charge is -2.42. The predicted octanol–water partition coefficient (Wildman–Crippen LogP) is 3.23. The van der Waals surface area contributed by atoms with Crippen LogP contribution in [0.1, 0.15) is 58.8 Å². The Kier molecular flexibility index (Phi) is 4.01. The van der Waals surface area contributed by atoms with Crippen molar-refractivity contribution in [2.24, 2.45) is 22.7 Å². The van der Waals surface area contributed by atoms with E-state index in [4.69, 9.17) is 0 Å². The largest absolute Gasteiger partial charge is 0.342 e. The van der Waals surface area contributed by atoms with Crippen LogP contribution in [0.5, 0.6) is 0 Å². The molecule has 0 spiro atoms. The Bertz CT molecular complexity index is 611. The van der Waals surface area contributed by atoms with Crippen LogP contribution in [0.3, 0.4) is 0 Å². The highest BCUT2D eigenvalue weighted by Gasteiger charge is 2.61. The van der Waals surface area contributed by atoms with Crippen molar-refractivity contribution in [3.63, 3.8) is 0 Å². The van der Waals surface area contributed by atoms with Crippen LogP contribution in [0.25, 0.3) is 0 Å². The third-order valence-corrected chi connectivity index (χ3v) is 7.76. The summed E-state index contributed by atoms with van der Waals surface area (Å²) in [5.41, 5.74) is 0.989. The molecule has 4 fully saturated rings. The first-order chi connectivity index (χ1) is 11.8. The van der Waals surface area contributed by atoms with E-state index < -0.39 is 0 Å². The number of likely N-dealkylation sites (tertiary alicyclic amines) is 2. The zero-order valence-corrected chi connectivity index (χ0v) is 15.9. The molecule has 2 amide bonds. The summed E-state index contributed by atoms with van der Waals surface area (Å²) in [5, 5.41) is 0. The standard InChI is InChI=1S/C21H32N2O2/c1-15-20(2,3)17-8-9-21(15,12-17)19(25)23-11-4-6-16(14-23)13-22-10-5-7-18(22)24/h16-17H,1,4-14H2,2-3H3/t16-,17+,21-/m1/s1. The van der Waals surface area contributed by atoms with Gasteiger partial charge in [0.2, 0.25) is 11.8 Å². The van der Waals surface area contributed by atoms with Gasteiger partial charge < -0.3 is 9.80 Å². The average Bonchev–Trinajstić information content (AvgIpc) is 3.25. The molecule has 0 aromatic rings. The summed E-state index contributed by atoms with van der Waals surface area (Å²) in [5.74, 6) is 1.69. The molecule has 2 aliphatic heterocycles. The first kappa shape index (κ1) is 17.1. The molecule has 4 heteroatoms. The molecule has 2 saturated carbocycles. The maximum Gasteiger partial charge on any atom is 0.232 e. The Morgan fingerprint density at radius 2 is 2.04 bits per heavy atom. The number of nitrogens with zero attached hydrogens (tertiary/aromatic N) is 2. The highest BCUT2D eigenvalue weighted by Crippen LogP contribution is 2.66. The number of hydrogen-bond donors (Lipinski definition) is 0. The summed E-state index contributed by atoms with van der Waals surface area (Å²) in [6.45, 7) is 12.4. The monoisotopic (exact) mass is 344 g/mol. The number of fused-ring (bicyclic) bond motifs is 2. The van der Waals surface area contributed by atoms with E-state index in [1.165, 1.54) is 5.57 Å². The van der Waals surface area contributed by atoms with Gasteiger partial charge in [0.05, 0.1) is 5.41 Å². The third kappa shape index (κ3) is 2.55. The molecule has 0 N–H and O–H groups in total. The first-order valence-electron chi connectivity index (χ1n) is 10.1. The molecule has 25 heavy (non-hydrogen) atoms. The highest BCUT2D eigenvalue weighted by atomic mass is 16.2. The Morgan fingerprint density at radius 3 is 2.68 bits per heavy atom. The van der Waals surface area contributed by atoms with Crippen molar-refractivity contribution < 1.29 is 9.59 Å². The van der Waals surface area contributed by atoms with E-state index in [1.807, 2.05) is 4.90 Å². The minimum Gasteiger partial charge on any atom is -0.342 e. The Morgan fingerprint density at radius 1 is 1.24 bits per heavy atom. The van der Waals surface area contributed by atoms with Crippen molar-refractivity contribution in [3.8, 4) is 0 Å². The molecular formula is C21H32N2O2. The van der Waals surface area contributed by atoms with Crippen molar-refractivity contribution >= 4 is 11.8 Å². The fourth-order valence-electron chi connectivity index (χ4n) is 6.03. The Hall–Kier alpha value is -1.32. The fourth-order valence-corrected chi connectivity index (χ4v) is 6.03. The second-order valence-electron chi connectivity index (χ2n) is 9.42. The van der Waals surface area contributed by atoms with Gasteiger partial charge in [0.1, 0.15) is 0 Å². The maximum atomic E-state index is 13.5. The Balaban J connectivity index is 1.45. The van der Waals surface area contributed by atoms with Gasteiger partial charge in [-0.2, -0.15) is 0 Å². The van der Waals surface area contributed by atoms with Crippen LogP contribution in [0.4, 0.5) is 0 Å². The second kappa shape index (κ2) is 5.85. The minimum atomic E-state index is -0.292. The van der Waals surface area contributed by atoms with Gasteiger partial charge >= 0.3 is 0 Å². The fraction of sp³-hybridized carbons (Fsp3) is 0.810. The van der Waals surface area contributed by atoms with Gasteiger partial charge in [-0.25, -0.2) is 0 Å². The summed E-state index contributed by atoms with van der Waals surface area (Å²) >= 11 is 0. The van der Waals surface area contributed by atoms with Crippen molar-refractivity contribution in [2.45, 2.75) is 58.8 Å². The molecule has 0 radical (unpaired) electrons. The number of amides is 2. The lowest BCUT2D eigenvalue weighted by Crippen LogP contribution is -2.50. The van der Waals surface area contributed by atoms with E-state index in [1.54, 1.807) is 0 Å². The normalized spacial score (nSPS) is 37.2. The molecule has 4 aliphatic rings. The van der Waals surface area contributed by atoms with Crippen LogP contribution in [-0.4, -0.2) is 47.8 Å². The molecule has 0 aromatic heterocycles. The zero-order valence-electron chi connectivity index (χ0n) is 15.9. The minimum absolute atomic E-state index is 0.102. The molecule has 138 valence electrons. The average molecular weight is 344 g/mol. The number of piperidine rings is 1. The zero-order chi connectivity index (χ0) is 17.8. The molecule has 2 heterocycles. The van der Waals surface area contributed by atoms with Crippen LogP contribution in [0, 0.1) is 22.7 Å². The molecular weight excluding hydrogens is 312 g/mol. The Labute approximate surface area is 151 Å². The molecule has 3 atom stereocenters. The number of rotatable bonds is 3. The predicted molar refractivity (Wildman–Crippen MR) is 97.8 cm³/mol. The first-order valence-corrected chi connectivity index (χ1v) is 10.1. The van der Waals surface area contributed by atoms with Gasteiger partial charge in [0.15, 0.2) is 0 Å². The van der Waals surface area contributed by atoms with Crippen LogP contribution < -0.4 is 0 Å². The van der Waals surface area contributed by atoms with Crippen LogP contribution >= 0.6 is 0 Å². The second-order valence-corrected chi connectivity index (χ2v) is 9.42. The molecule has 4 rings (SSSR count). The summed E-state index contributed by atoms with van der Waals surface area (Å²) in [7, 11) is 0. The molecule has 2 aliphatic carbocycles. The van der Waals surface area contributed by atoms with E-state index in [0.717, 1.165) is 64.7 Å². The topological polar surface area (TPSA) is 40.6 Å². The van der Waals surface area contributed by atoms with Gasteiger partial charge in [-0.15, -0.1) is 0 Å². The number of carbonyl (C=O) groups excluding carboxylic acids is 2. The maximum absolute atomic E-state index is 13.5. The lowest BCUT2D eigenvalue weighted by molar-refractivity contribution is -0.141. The van der Waals surface area contributed by atoms with Crippen LogP contribution in [-0.2, 0) is 9.59 Å². The van der Waals surface area contributed by atoms with Crippen molar-refractivity contribution in [1.29, 1.82) is 0 Å². The van der Waals surface area contributed by atoms with E-state index in [0.29, 0.717) is 30.1 Å². The molecule has 4 nitrogen and oxygen atoms in total. The lowest BCUT2D eigenvalue weighted by atomic mass is 9.68. The van der Waals surface area contributed by atoms with Crippen LogP contribution in [0.15, 0.2) is 12.2 Å². The highest BCUT2D eigenvalue weighted by molar-refractivity contribution is 5.87. The smallest absolute Gasteiger partial charge is 0.232 e. The van der Waals surface area contributed by atoms with Gasteiger partial charge in [0, 0.05) is 32.6 Å². The number of carbonyl (C=O) groups is 2. The van der Waals surface area contributed by atoms with Gasteiger partial charge in [-0.05, 0) is 55.8 Å². The van der Waals surface area contributed by atoms with Crippen molar-refractivity contribution in [3.05, 3.63) is 12.2 Å². The van der Waals surface area contributed by atoms with Gasteiger partial charge in [0.25, 0.3) is 0 Å². The molecule has 0 unspecified atom stereocenters. The summed E-state index contributed by atoms with van der Waals surface area (Å²) in [6.07, 6.45) is 7.05. The quantitative estimate of drug-likeness (QED) is 0.738. The molecule has 2 bridgehead atoms. The van der Waals surface area contributed by atoms with E-state index >= 15 is 0 Å². The number of hydrogen-bond acceptors (Lipinski definition) is 2. The van der Waals surface area contributed by atoms with Crippen LogP contribution in [0.2, 0.25) is 0 Å². The summed E-state index contributed by atoms with van der Waals surface area (Å²) in [4.78, 5) is 29.6. The van der Waals surface area contributed by atoms with E-state index in [-0.39, 0.29) is 10.8 Å². The third-order valence-electron chi connectivity index (χ3n) is 7.76. The van der Waals surface area contributed by atoms with Gasteiger partial charge in [-0.1, -0.05) is 26.0 Å². The van der Waals surface area contributed by atoms with E-state index in [9.17, 15) is 9.59 Å². The van der Waals surface area contributed by atoms with Crippen molar-refractivity contribution in [1.82, 2.24) is 9.80 Å². The summed E-state index contributed by atoms with van der Waals surface area (Å²) < 4.78 is 0.